The number of para-hydroxylation sites is 1. The van der Waals surface area contributed by atoms with Crippen LogP contribution in [0.15, 0.2) is 59.4 Å². The van der Waals surface area contributed by atoms with E-state index in [9.17, 15) is 4.79 Å². The Morgan fingerprint density at radius 2 is 1.60 bits per heavy atom. The van der Waals surface area contributed by atoms with Crippen molar-refractivity contribution in [3.63, 3.8) is 0 Å². The van der Waals surface area contributed by atoms with E-state index in [1.165, 1.54) is 0 Å². The Morgan fingerprint density at radius 1 is 0.900 bits per heavy atom. The number of hydrogen-bond donors (Lipinski definition) is 1. The molecule has 3 aromatic rings. The molecular weight excluding hydrogens is 361 g/mol. The summed E-state index contributed by atoms with van der Waals surface area (Å²) in [5.41, 5.74) is 2.90. The van der Waals surface area contributed by atoms with Gasteiger partial charge in [0.1, 0.15) is 0 Å². The van der Waals surface area contributed by atoms with Gasteiger partial charge in [-0.15, -0.1) is 0 Å². The highest BCUT2D eigenvalue weighted by Crippen LogP contribution is 2.15. The third-order valence-electron chi connectivity index (χ3n) is 3.12. The topological polar surface area (TPSA) is 32.9 Å². The Balaban J connectivity index is 2.11. The highest BCUT2D eigenvalue weighted by atomic mass is 127. The van der Waals surface area contributed by atoms with Gasteiger partial charge in [-0.25, -0.2) is 0 Å². The van der Waals surface area contributed by atoms with Crippen LogP contribution in [0.25, 0.3) is 23.1 Å². The molecule has 0 aliphatic heterocycles. The van der Waals surface area contributed by atoms with Crippen molar-refractivity contribution in [1.29, 1.82) is 0 Å². The van der Waals surface area contributed by atoms with Crippen LogP contribution in [-0.2, 0) is 0 Å². The zero-order valence-corrected chi connectivity index (χ0v) is 12.8. The van der Waals surface area contributed by atoms with Gasteiger partial charge in [-0.2, -0.15) is 0 Å². The van der Waals surface area contributed by atoms with E-state index in [0.29, 0.717) is 3.57 Å². The van der Waals surface area contributed by atoms with Gasteiger partial charge in [-0.3, -0.25) is 4.79 Å². The lowest BCUT2D eigenvalue weighted by molar-refractivity contribution is 1.32. The lowest BCUT2D eigenvalue weighted by Crippen LogP contribution is -2.09. The molecule has 0 saturated carbocycles. The molecule has 0 aliphatic carbocycles. The largest absolute Gasteiger partial charge is 0.354 e. The van der Waals surface area contributed by atoms with Crippen molar-refractivity contribution in [1.82, 2.24) is 4.98 Å². The van der Waals surface area contributed by atoms with E-state index in [-0.39, 0.29) is 5.43 Å². The first kappa shape index (κ1) is 13.1. The maximum absolute atomic E-state index is 12.3. The lowest BCUT2D eigenvalue weighted by atomic mass is 10.1. The summed E-state index contributed by atoms with van der Waals surface area (Å²) in [7, 11) is 0. The second-order valence-corrected chi connectivity index (χ2v) is 5.55. The fourth-order valence-corrected chi connectivity index (χ4v) is 2.69. The molecule has 1 heterocycles. The fourth-order valence-electron chi connectivity index (χ4n) is 2.09. The zero-order valence-electron chi connectivity index (χ0n) is 10.6. The van der Waals surface area contributed by atoms with Crippen molar-refractivity contribution in [3.05, 3.63) is 79.6 Å². The third-order valence-corrected chi connectivity index (χ3v) is 4.19. The Kier molecular flexibility index (Phi) is 3.69. The van der Waals surface area contributed by atoms with Crippen LogP contribution in [0, 0.1) is 3.57 Å². The summed E-state index contributed by atoms with van der Waals surface area (Å²) in [6.45, 7) is 0. The van der Waals surface area contributed by atoms with Crippen LogP contribution in [-0.4, -0.2) is 4.98 Å². The van der Waals surface area contributed by atoms with E-state index in [1.54, 1.807) is 0 Å². The molecule has 0 saturated heterocycles. The van der Waals surface area contributed by atoms with Crippen molar-refractivity contribution < 1.29 is 0 Å². The highest BCUT2D eigenvalue weighted by Gasteiger charge is 2.06. The Hall–Kier alpha value is -1.88. The number of fused-ring (bicyclic) bond motifs is 1. The second-order valence-electron chi connectivity index (χ2n) is 4.47. The van der Waals surface area contributed by atoms with Gasteiger partial charge in [0.2, 0.25) is 5.43 Å². The smallest absolute Gasteiger partial charge is 0.203 e. The summed E-state index contributed by atoms with van der Waals surface area (Å²) < 4.78 is 0.716. The summed E-state index contributed by atoms with van der Waals surface area (Å²) in [4.78, 5) is 15.6. The average molecular weight is 373 g/mol. The third kappa shape index (κ3) is 2.54. The summed E-state index contributed by atoms with van der Waals surface area (Å²) in [5, 5.41) is 0.730. The molecule has 0 radical (unpaired) electrons. The van der Waals surface area contributed by atoms with E-state index in [1.807, 2.05) is 66.7 Å². The Bertz CT molecular complexity index is 834. The van der Waals surface area contributed by atoms with Gasteiger partial charge in [0.15, 0.2) is 0 Å². The standard InChI is InChI=1S/C17H12INO/c18-16-15(11-10-12-6-2-1-3-7-12)19-14-9-5-4-8-13(14)17(16)20/h1-11H,(H,19,20)/b11-10+. The molecule has 0 fully saturated rings. The fraction of sp³-hybridized carbons (Fsp3) is 0. The molecule has 2 aromatic carbocycles. The van der Waals surface area contributed by atoms with Crippen LogP contribution < -0.4 is 5.43 Å². The van der Waals surface area contributed by atoms with Crippen LogP contribution in [0.3, 0.4) is 0 Å². The minimum absolute atomic E-state index is 0.0765. The first-order chi connectivity index (χ1) is 9.75. The van der Waals surface area contributed by atoms with Crippen LogP contribution in [0.2, 0.25) is 0 Å². The van der Waals surface area contributed by atoms with E-state index in [0.717, 1.165) is 22.2 Å². The normalized spacial score (nSPS) is 11.2. The molecule has 20 heavy (non-hydrogen) atoms. The van der Waals surface area contributed by atoms with Gasteiger partial charge in [0.05, 0.1) is 9.26 Å². The molecule has 3 heteroatoms. The number of aromatic amines is 1. The number of halogens is 1. The van der Waals surface area contributed by atoms with E-state index >= 15 is 0 Å². The number of H-pyrrole nitrogens is 1. The van der Waals surface area contributed by atoms with Crippen LogP contribution >= 0.6 is 22.6 Å². The van der Waals surface area contributed by atoms with Crippen molar-refractivity contribution in [2.75, 3.05) is 0 Å². The van der Waals surface area contributed by atoms with Crippen molar-refractivity contribution >= 4 is 45.6 Å². The van der Waals surface area contributed by atoms with E-state index < -0.39 is 0 Å². The molecule has 3 rings (SSSR count). The maximum atomic E-state index is 12.3. The zero-order chi connectivity index (χ0) is 13.9. The first-order valence-corrected chi connectivity index (χ1v) is 7.37. The summed E-state index contributed by atoms with van der Waals surface area (Å²) in [6.07, 6.45) is 3.95. The Labute approximate surface area is 130 Å². The average Bonchev–Trinajstić information content (AvgIpc) is 2.50. The molecular formula is C17H12INO. The molecule has 0 bridgehead atoms. The summed E-state index contributed by atoms with van der Waals surface area (Å²) in [6, 6.07) is 17.6. The van der Waals surface area contributed by atoms with Gasteiger partial charge in [-0.05, 0) is 46.4 Å². The monoisotopic (exact) mass is 373 g/mol. The minimum atomic E-state index is 0.0765. The molecule has 0 atom stereocenters. The number of rotatable bonds is 2. The van der Waals surface area contributed by atoms with Gasteiger partial charge in [0, 0.05) is 10.9 Å². The Morgan fingerprint density at radius 3 is 2.40 bits per heavy atom. The molecule has 0 aliphatic rings. The molecule has 0 amide bonds. The van der Waals surface area contributed by atoms with Crippen LogP contribution in [0.4, 0.5) is 0 Å². The molecule has 0 unspecified atom stereocenters. The van der Waals surface area contributed by atoms with Gasteiger partial charge < -0.3 is 4.98 Å². The van der Waals surface area contributed by atoms with Crippen LogP contribution in [0.1, 0.15) is 11.3 Å². The predicted molar refractivity (Wildman–Crippen MR) is 92.7 cm³/mol. The number of pyridine rings is 1. The molecule has 1 N–H and O–H groups in total. The van der Waals surface area contributed by atoms with E-state index in [4.69, 9.17) is 0 Å². The summed E-state index contributed by atoms with van der Waals surface area (Å²) >= 11 is 2.10. The van der Waals surface area contributed by atoms with Crippen molar-refractivity contribution in [2.45, 2.75) is 0 Å². The highest BCUT2D eigenvalue weighted by molar-refractivity contribution is 14.1. The number of aromatic nitrogens is 1. The lowest BCUT2D eigenvalue weighted by Gasteiger charge is -2.03. The maximum Gasteiger partial charge on any atom is 0.203 e. The van der Waals surface area contributed by atoms with Gasteiger partial charge in [0.25, 0.3) is 0 Å². The van der Waals surface area contributed by atoms with Crippen molar-refractivity contribution in [2.24, 2.45) is 0 Å². The molecule has 1 aromatic heterocycles. The van der Waals surface area contributed by atoms with Gasteiger partial charge in [-0.1, -0.05) is 48.5 Å². The van der Waals surface area contributed by atoms with Crippen LogP contribution in [0.5, 0.6) is 0 Å². The molecule has 2 nitrogen and oxygen atoms in total. The quantitative estimate of drug-likeness (QED) is 0.668. The number of hydrogen-bond acceptors (Lipinski definition) is 1. The molecule has 98 valence electrons. The molecule has 0 spiro atoms. The van der Waals surface area contributed by atoms with Crippen molar-refractivity contribution in [3.8, 4) is 0 Å². The SMILES string of the molecule is O=c1c(I)c(/C=C/c2ccccc2)[nH]c2ccccc12. The number of benzene rings is 2. The second kappa shape index (κ2) is 5.63. The van der Waals surface area contributed by atoms with Gasteiger partial charge >= 0.3 is 0 Å². The number of nitrogens with one attached hydrogen (secondary N) is 1. The predicted octanol–water partition coefficient (Wildman–Crippen LogP) is 4.30. The first-order valence-electron chi connectivity index (χ1n) is 6.29. The summed E-state index contributed by atoms with van der Waals surface area (Å²) in [5.74, 6) is 0. The van der Waals surface area contributed by atoms with E-state index in [2.05, 4.69) is 27.6 Å². The minimum Gasteiger partial charge on any atom is -0.354 e.